The molecule has 0 bridgehead atoms. The minimum atomic E-state index is 0.100. The second-order valence-corrected chi connectivity index (χ2v) is 5.25. The number of aryl methyl sites for hydroxylation is 1. The van der Waals surface area contributed by atoms with Gasteiger partial charge in [-0.3, -0.25) is 10.6 Å². The van der Waals surface area contributed by atoms with Crippen molar-refractivity contribution in [3.8, 4) is 0 Å². The molecule has 3 N–H and O–H groups in total. The smallest absolute Gasteiger partial charge is 0.256 e. The molecule has 4 heteroatoms. The van der Waals surface area contributed by atoms with Crippen molar-refractivity contribution in [1.82, 2.24) is 4.90 Å². The van der Waals surface area contributed by atoms with Crippen LogP contribution in [0, 0.1) is 6.92 Å². The second-order valence-electron chi connectivity index (χ2n) is 5.25. The Kier molecular flexibility index (Phi) is 4.43. The third-order valence-electron chi connectivity index (χ3n) is 3.92. The van der Waals surface area contributed by atoms with Crippen molar-refractivity contribution in [3.05, 3.63) is 29.3 Å². The summed E-state index contributed by atoms with van der Waals surface area (Å²) in [7, 11) is 0. The minimum absolute atomic E-state index is 0.100. The lowest BCUT2D eigenvalue weighted by Crippen LogP contribution is -2.43. The van der Waals surface area contributed by atoms with E-state index in [1.807, 2.05) is 30.0 Å². The number of hydrogen-bond donors (Lipinski definition) is 2. The zero-order chi connectivity index (χ0) is 13.8. The summed E-state index contributed by atoms with van der Waals surface area (Å²) in [5.74, 6) is 5.61. The standard InChI is InChI=1S/C15H23N3O/c1-3-12-6-4-5-9-18(12)15(19)13-10-11(2)7-8-14(13)17-16/h7-8,10,12,17H,3-6,9,16H2,1-2H3. The molecule has 1 unspecified atom stereocenters. The van der Waals surface area contributed by atoms with Gasteiger partial charge in [0.2, 0.25) is 0 Å². The number of amides is 1. The summed E-state index contributed by atoms with van der Waals surface area (Å²) < 4.78 is 0. The zero-order valence-corrected chi connectivity index (χ0v) is 11.8. The highest BCUT2D eigenvalue weighted by Crippen LogP contribution is 2.25. The van der Waals surface area contributed by atoms with E-state index in [2.05, 4.69) is 12.3 Å². The predicted octanol–water partition coefficient (Wildman–Crippen LogP) is 2.69. The third-order valence-corrected chi connectivity index (χ3v) is 3.92. The van der Waals surface area contributed by atoms with E-state index in [0.717, 1.165) is 31.4 Å². The lowest BCUT2D eigenvalue weighted by atomic mass is 9.98. The number of anilines is 1. The normalized spacial score (nSPS) is 19.3. The Bertz CT molecular complexity index is 459. The molecule has 1 heterocycles. The summed E-state index contributed by atoms with van der Waals surface area (Å²) in [5, 5.41) is 0. The summed E-state index contributed by atoms with van der Waals surface area (Å²) in [5.41, 5.74) is 5.09. The Morgan fingerprint density at radius 3 is 2.95 bits per heavy atom. The Labute approximate surface area is 114 Å². The Balaban J connectivity index is 2.29. The largest absolute Gasteiger partial charge is 0.336 e. The summed E-state index contributed by atoms with van der Waals surface area (Å²) in [6.45, 7) is 4.99. The maximum absolute atomic E-state index is 12.7. The van der Waals surface area contributed by atoms with Crippen LogP contribution in [0.4, 0.5) is 5.69 Å². The van der Waals surface area contributed by atoms with Gasteiger partial charge in [-0.25, -0.2) is 0 Å². The van der Waals surface area contributed by atoms with Crippen LogP contribution in [0.15, 0.2) is 18.2 Å². The molecule has 1 aliphatic rings. The summed E-state index contributed by atoms with van der Waals surface area (Å²) >= 11 is 0. The van der Waals surface area contributed by atoms with Crippen molar-refractivity contribution >= 4 is 11.6 Å². The molecule has 1 aliphatic heterocycles. The molecule has 19 heavy (non-hydrogen) atoms. The van der Waals surface area contributed by atoms with Crippen LogP contribution < -0.4 is 11.3 Å². The Morgan fingerprint density at radius 2 is 2.26 bits per heavy atom. The van der Waals surface area contributed by atoms with Crippen LogP contribution in [0.2, 0.25) is 0 Å². The van der Waals surface area contributed by atoms with Gasteiger partial charge in [0.05, 0.1) is 11.3 Å². The van der Waals surface area contributed by atoms with Crippen LogP contribution in [0.1, 0.15) is 48.5 Å². The number of benzene rings is 1. The highest BCUT2D eigenvalue weighted by Gasteiger charge is 2.27. The molecule has 4 nitrogen and oxygen atoms in total. The maximum atomic E-state index is 12.7. The van der Waals surface area contributed by atoms with Gasteiger partial charge >= 0.3 is 0 Å². The third kappa shape index (κ3) is 2.89. The topological polar surface area (TPSA) is 58.4 Å². The number of carbonyl (C=O) groups is 1. The van der Waals surface area contributed by atoms with Gasteiger partial charge in [0.1, 0.15) is 0 Å². The van der Waals surface area contributed by atoms with E-state index in [4.69, 9.17) is 5.84 Å². The number of nitrogens with two attached hydrogens (primary N) is 1. The first kappa shape index (κ1) is 13.9. The van der Waals surface area contributed by atoms with Gasteiger partial charge in [0.15, 0.2) is 0 Å². The lowest BCUT2D eigenvalue weighted by molar-refractivity contribution is 0.0609. The van der Waals surface area contributed by atoms with Crippen molar-refractivity contribution in [1.29, 1.82) is 0 Å². The summed E-state index contributed by atoms with van der Waals surface area (Å²) in [6.07, 6.45) is 4.44. The number of nitrogens with zero attached hydrogens (tertiary/aromatic N) is 1. The van der Waals surface area contributed by atoms with Crippen molar-refractivity contribution < 1.29 is 4.79 Å². The van der Waals surface area contributed by atoms with Gasteiger partial charge in [0.25, 0.3) is 5.91 Å². The highest BCUT2D eigenvalue weighted by atomic mass is 16.2. The van der Waals surface area contributed by atoms with Gasteiger partial charge in [-0.1, -0.05) is 18.6 Å². The van der Waals surface area contributed by atoms with E-state index in [0.29, 0.717) is 17.3 Å². The quantitative estimate of drug-likeness (QED) is 0.649. The molecule has 2 rings (SSSR count). The average Bonchev–Trinajstić information content (AvgIpc) is 2.46. The first-order valence-corrected chi connectivity index (χ1v) is 7.05. The van der Waals surface area contributed by atoms with E-state index in [1.54, 1.807) is 0 Å². The Hall–Kier alpha value is -1.55. The minimum Gasteiger partial charge on any atom is -0.336 e. The highest BCUT2D eigenvalue weighted by molar-refractivity contribution is 6.00. The van der Waals surface area contributed by atoms with Gasteiger partial charge in [-0.15, -0.1) is 0 Å². The molecule has 0 radical (unpaired) electrons. The molecule has 104 valence electrons. The molecule has 1 saturated heterocycles. The van der Waals surface area contributed by atoms with Gasteiger partial charge in [-0.2, -0.15) is 0 Å². The zero-order valence-electron chi connectivity index (χ0n) is 11.8. The number of likely N-dealkylation sites (tertiary alicyclic amines) is 1. The van der Waals surface area contributed by atoms with Crippen LogP contribution >= 0.6 is 0 Å². The van der Waals surface area contributed by atoms with Crippen LogP contribution in [0.5, 0.6) is 0 Å². The second kappa shape index (κ2) is 6.06. The van der Waals surface area contributed by atoms with Gasteiger partial charge in [0, 0.05) is 12.6 Å². The SMILES string of the molecule is CCC1CCCCN1C(=O)c1cc(C)ccc1NN. The van der Waals surface area contributed by atoms with Crippen LogP contribution in [0.3, 0.4) is 0 Å². The average molecular weight is 261 g/mol. The molecule has 0 aromatic heterocycles. The van der Waals surface area contributed by atoms with Gasteiger partial charge in [-0.05, 0) is 44.7 Å². The predicted molar refractivity (Wildman–Crippen MR) is 78.0 cm³/mol. The number of hydrazine groups is 1. The molecule has 1 aromatic carbocycles. The fourth-order valence-corrected chi connectivity index (χ4v) is 2.81. The fraction of sp³-hybridized carbons (Fsp3) is 0.533. The van der Waals surface area contributed by atoms with Crippen LogP contribution in [-0.4, -0.2) is 23.4 Å². The van der Waals surface area contributed by atoms with Crippen LogP contribution in [0.25, 0.3) is 0 Å². The van der Waals surface area contributed by atoms with E-state index in [9.17, 15) is 4.79 Å². The van der Waals surface area contributed by atoms with Crippen molar-refractivity contribution in [2.75, 3.05) is 12.0 Å². The van der Waals surface area contributed by atoms with Crippen molar-refractivity contribution in [2.45, 2.75) is 45.6 Å². The summed E-state index contributed by atoms with van der Waals surface area (Å²) in [4.78, 5) is 14.7. The van der Waals surface area contributed by atoms with Crippen LogP contribution in [-0.2, 0) is 0 Å². The molecule has 1 aromatic rings. The molecule has 0 spiro atoms. The van der Waals surface area contributed by atoms with E-state index < -0.39 is 0 Å². The molecular formula is C15H23N3O. The summed E-state index contributed by atoms with van der Waals surface area (Å²) in [6, 6.07) is 6.11. The Morgan fingerprint density at radius 1 is 1.47 bits per heavy atom. The number of nitrogen functional groups attached to an aromatic ring is 1. The fourth-order valence-electron chi connectivity index (χ4n) is 2.81. The number of piperidine rings is 1. The number of nitrogens with one attached hydrogen (secondary N) is 1. The molecule has 0 aliphatic carbocycles. The molecule has 0 saturated carbocycles. The van der Waals surface area contributed by atoms with E-state index in [1.165, 1.54) is 6.42 Å². The maximum Gasteiger partial charge on any atom is 0.256 e. The van der Waals surface area contributed by atoms with Gasteiger partial charge < -0.3 is 10.3 Å². The lowest BCUT2D eigenvalue weighted by Gasteiger charge is -2.35. The number of rotatable bonds is 3. The first-order chi connectivity index (χ1) is 9.17. The first-order valence-electron chi connectivity index (χ1n) is 7.05. The van der Waals surface area contributed by atoms with Crippen molar-refractivity contribution in [2.24, 2.45) is 5.84 Å². The molecule has 1 fully saturated rings. The van der Waals surface area contributed by atoms with E-state index in [-0.39, 0.29) is 5.91 Å². The molecule has 1 atom stereocenters. The van der Waals surface area contributed by atoms with E-state index >= 15 is 0 Å². The molecule has 1 amide bonds. The molecular weight excluding hydrogens is 238 g/mol. The van der Waals surface area contributed by atoms with Crippen molar-refractivity contribution in [3.63, 3.8) is 0 Å². The monoisotopic (exact) mass is 261 g/mol. The number of hydrogen-bond acceptors (Lipinski definition) is 3. The number of carbonyl (C=O) groups excluding carboxylic acids is 1.